The summed E-state index contributed by atoms with van der Waals surface area (Å²) in [5.74, 6) is 0.728. The summed E-state index contributed by atoms with van der Waals surface area (Å²) in [7, 11) is 0. The van der Waals surface area contributed by atoms with Gasteiger partial charge < -0.3 is 4.74 Å². The number of carbonyl (C=O) groups excluding carboxylic acids is 1. The first-order chi connectivity index (χ1) is 11.1. The third-order valence-electron chi connectivity index (χ3n) is 4.85. The van der Waals surface area contributed by atoms with E-state index in [-0.39, 0.29) is 18.1 Å². The van der Waals surface area contributed by atoms with Crippen molar-refractivity contribution < 1.29 is 9.53 Å². The predicted octanol–water partition coefficient (Wildman–Crippen LogP) is 4.49. The van der Waals surface area contributed by atoms with Gasteiger partial charge in [-0.15, -0.1) is 0 Å². The molecule has 128 valence electrons. The van der Waals surface area contributed by atoms with Gasteiger partial charge in [0, 0.05) is 6.04 Å². The minimum Gasteiger partial charge on any atom is -0.465 e. The molecule has 3 heteroatoms. The normalized spacial score (nSPS) is 18.6. The molecule has 1 N–H and O–H groups in total. The molecule has 23 heavy (non-hydrogen) atoms. The third kappa shape index (κ3) is 5.07. The highest BCUT2D eigenvalue weighted by Gasteiger charge is 2.33. The maximum absolute atomic E-state index is 12.5. The molecule has 0 aromatic heterocycles. The van der Waals surface area contributed by atoms with Gasteiger partial charge in [0.25, 0.3) is 0 Å². The molecular formula is C20H31NO2. The van der Waals surface area contributed by atoms with Crippen LogP contribution in [0.15, 0.2) is 30.3 Å². The van der Waals surface area contributed by atoms with Gasteiger partial charge in [-0.25, -0.2) is 0 Å². The molecule has 0 bridgehead atoms. The Kier molecular flexibility index (Phi) is 7.10. The van der Waals surface area contributed by atoms with E-state index >= 15 is 0 Å². The average Bonchev–Trinajstić information content (AvgIpc) is 2.57. The number of benzene rings is 1. The van der Waals surface area contributed by atoms with Crippen LogP contribution >= 0.6 is 0 Å². The Balaban J connectivity index is 2.17. The number of hydrogen-bond acceptors (Lipinski definition) is 3. The van der Waals surface area contributed by atoms with Crippen LogP contribution in [0.1, 0.15) is 64.5 Å². The van der Waals surface area contributed by atoms with Crippen LogP contribution in [-0.2, 0) is 9.53 Å². The molecule has 0 amide bonds. The SMILES string of the molecule is CCOC(=O)[C@@H](N[C@H](c1ccccc1)C(C)C)C1CCCCC1. The van der Waals surface area contributed by atoms with E-state index in [2.05, 4.69) is 43.4 Å². The Hall–Kier alpha value is -1.35. The van der Waals surface area contributed by atoms with Crippen LogP contribution in [0.3, 0.4) is 0 Å². The highest BCUT2D eigenvalue weighted by molar-refractivity contribution is 5.76. The van der Waals surface area contributed by atoms with E-state index < -0.39 is 0 Å². The zero-order chi connectivity index (χ0) is 16.7. The molecule has 0 unspecified atom stereocenters. The monoisotopic (exact) mass is 317 g/mol. The maximum atomic E-state index is 12.5. The number of carbonyl (C=O) groups is 1. The smallest absolute Gasteiger partial charge is 0.323 e. The number of rotatable bonds is 7. The van der Waals surface area contributed by atoms with Gasteiger partial charge in [-0.1, -0.05) is 63.4 Å². The molecular weight excluding hydrogens is 286 g/mol. The molecule has 0 radical (unpaired) electrons. The number of nitrogens with one attached hydrogen (secondary N) is 1. The van der Waals surface area contributed by atoms with Gasteiger partial charge in [-0.3, -0.25) is 10.1 Å². The maximum Gasteiger partial charge on any atom is 0.323 e. The molecule has 2 atom stereocenters. The lowest BCUT2D eigenvalue weighted by molar-refractivity contribution is -0.148. The molecule has 0 heterocycles. The first kappa shape index (κ1) is 18.0. The highest BCUT2D eigenvalue weighted by Crippen LogP contribution is 2.30. The van der Waals surface area contributed by atoms with E-state index in [1.54, 1.807) is 0 Å². The molecule has 1 aromatic rings. The molecule has 1 aromatic carbocycles. The molecule has 2 rings (SSSR count). The van der Waals surface area contributed by atoms with Gasteiger partial charge >= 0.3 is 5.97 Å². The molecule has 1 saturated carbocycles. The molecule has 3 nitrogen and oxygen atoms in total. The van der Waals surface area contributed by atoms with Crippen LogP contribution in [0.4, 0.5) is 0 Å². The Labute approximate surface area is 140 Å². The van der Waals surface area contributed by atoms with Crippen molar-refractivity contribution in [2.45, 2.75) is 65.0 Å². The second-order valence-electron chi connectivity index (χ2n) is 6.93. The summed E-state index contributed by atoms with van der Waals surface area (Å²) >= 11 is 0. The van der Waals surface area contributed by atoms with Gasteiger partial charge in [-0.2, -0.15) is 0 Å². The van der Waals surface area contributed by atoms with Gasteiger partial charge in [0.1, 0.15) is 6.04 Å². The molecule has 0 spiro atoms. The van der Waals surface area contributed by atoms with Crippen LogP contribution in [0, 0.1) is 11.8 Å². The first-order valence-corrected chi connectivity index (χ1v) is 9.11. The van der Waals surface area contributed by atoms with E-state index in [1.165, 1.54) is 24.8 Å². The lowest BCUT2D eigenvalue weighted by atomic mass is 9.82. The summed E-state index contributed by atoms with van der Waals surface area (Å²) in [5.41, 5.74) is 1.24. The van der Waals surface area contributed by atoms with E-state index in [4.69, 9.17) is 4.74 Å². The Morgan fingerprint density at radius 3 is 2.39 bits per heavy atom. The number of hydrogen-bond donors (Lipinski definition) is 1. The Bertz CT molecular complexity index is 466. The topological polar surface area (TPSA) is 38.3 Å². The standard InChI is InChI=1S/C20H31NO2/c1-4-23-20(22)19(17-13-9-6-10-14-17)21-18(15(2)3)16-11-7-5-8-12-16/h5,7-8,11-12,15,17-19,21H,4,6,9-10,13-14H2,1-3H3/t18-,19-/m0/s1. The van der Waals surface area contributed by atoms with Crippen molar-refractivity contribution in [2.75, 3.05) is 6.61 Å². The summed E-state index contributed by atoms with van der Waals surface area (Å²) < 4.78 is 5.37. The lowest BCUT2D eigenvalue weighted by Crippen LogP contribution is -2.47. The minimum atomic E-state index is -0.192. The van der Waals surface area contributed by atoms with Crippen LogP contribution in [0.2, 0.25) is 0 Å². The third-order valence-corrected chi connectivity index (χ3v) is 4.85. The van der Waals surface area contributed by atoms with Crippen LogP contribution < -0.4 is 5.32 Å². The van der Waals surface area contributed by atoms with Gasteiger partial charge in [0.2, 0.25) is 0 Å². The summed E-state index contributed by atoms with van der Waals surface area (Å²) in [5, 5.41) is 3.65. The molecule has 1 aliphatic carbocycles. The zero-order valence-electron chi connectivity index (χ0n) is 14.8. The zero-order valence-corrected chi connectivity index (χ0v) is 14.8. The Morgan fingerprint density at radius 2 is 1.83 bits per heavy atom. The summed E-state index contributed by atoms with van der Waals surface area (Å²) in [6.45, 7) is 6.73. The van der Waals surface area contributed by atoms with E-state index in [0.717, 1.165) is 12.8 Å². The van der Waals surface area contributed by atoms with Crippen molar-refractivity contribution in [1.82, 2.24) is 5.32 Å². The molecule has 0 saturated heterocycles. The van der Waals surface area contributed by atoms with Crippen molar-refractivity contribution in [3.63, 3.8) is 0 Å². The predicted molar refractivity (Wildman–Crippen MR) is 94.2 cm³/mol. The van der Waals surface area contributed by atoms with Crippen molar-refractivity contribution in [2.24, 2.45) is 11.8 Å². The van der Waals surface area contributed by atoms with E-state index in [1.807, 2.05) is 13.0 Å². The van der Waals surface area contributed by atoms with Crippen molar-refractivity contribution in [3.8, 4) is 0 Å². The van der Waals surface area contributed by atoms with Crippen molar-refractivity contribution >= 4 is 5.97 Å². The number of ether oxygens (including phenoxy) is 1. The van der Waals surface area contributed by atoms with Gasteiger partial charge in [0.15, 0.2) is 0 Å². The fourth-order valence-corrected chi connectivity index (χ4v) is 3.62. The molecule has 0 aliphatic heterocycles. The molecule has 1 fully saturated rings. The van der Waals surface area contributed by atoms with E-state index in [0.29, 0.717) is 18.4 Å². The highest BCUT2D eigenvalue weighted by atomic mass is 16.5. The lowest BCUT2D eigenvalue weighted by Gasteiger charge is -2.34. The quantitative estimate of drug-likeness (QED) is 0.753. The average molecular weight is 317 g/mol. The van der Waals surface area contributed by atoms with Crippen molar-refractivity contribution in [1.29, 1.82) is 0 Å². The van der Waals surface area contributed by atoms with E-state index in [9.17, 15) is 4.79 Å². The fraction of sp³-hybridized carbons (Fsp3) is 0.650. The second-order valence-corrected chi connectivity index (χ2v) is 6.93. The number of esters is 1. The van der Waals surface area contributed by atoms with Gasteiger partial charge in [0.05, 0.1) is 6.61 Å². The minimum absolute atomic E-state index is 0.0824. The fourth-order valence-electron chi connectivity index (χ4n) is 3.62. The summed E-state index contributed by atoms with van der Waals surface area (Å²) in [4.78, 5) is 12.5. The van der Waals surface area contributed by atoms with Crippen LogP contribution in [0.5, 0.6) is 0 Å². The summed E-state index contributed by atoms with van der Waals surface area (Å²) in [6, 6.07) is 10.4. The molecule has 1 aliphatic rings. The second kappa shape index (κ2) is 9.07. The van der Waals surface area contributed by atoms with Crippen molar-refractivity contribution in [3.05, 3.63) is 35.9 Å². The first-order valence-electron chi connectivity index (χ1n) is 9.11. The van der Waals surface area contributed by atoms with Gasteiger partial charge in [-0.05, 0) is 37.2 Å². The summed E-state index contributed by atoms with van der Waals surface area (Å²) in [6.07, 6.45) is 5.98. The Morgan fingerprint density at radius 1 is 1.17 bits per heavy atom. The largest absolute Gasteiger partial charge is 0.465 e. The van der Waals surface area contributed by atoms with Crippen LogP contribution in [0.25, 0.3) is 0 Å². The van der Waals surface area contributed by atoms with Crippen LogP contribution in [-0.4, -0.2) is 18.6 Å².